The fourth-order valence-corrected chi connectivity index (χ4v) is 24.2. The van der Waals surface area contributed by atoms with Crippen molar-refractivity contribution in [2.75, 3.05) is 121 Å². The lowest BCUT2D eigenvalue weighted by molar-refractivity contribution is -0.142. The van der Waals surface area contributed by atoms with E-state index in [2.05, 4.69) is 142 Å². The average Bonchev–Trinajstić information content (AvgIpc) is 0.777. The molecule has 632 valence electrons. The van der Waals surface area contributed by atoms with Gasteiger partial charge in [-0.1, -0.05) is 71.8 Å². The first-order chi connectivity index (χ1) is 56.6. The van der Waals surface area contributed by atoms with Crippen molar-refractivity contribution in [1.82, 2.24) is 19.6 Å². The quantitative estimate of drug-likeness (QED) is 0.0469. The Kier molecular flexibility index (Phi) is 29.6. The molecule has 12 fully saturated rings. The van der Waals surface area contributed by atoms with Crippen LogP contribution in [-0.4, -0.2) is 183 Å². The lowest BCUT2D eigenvalue weighted by atomic mass is 9.51. The number of piperazine rings is 2. The Hall–Kier alpha value is -7.02. The van der Waals surface area contributed by atoms with Crippen LogP contribution in [0.25, 0.3) is 22.3 Å². The Morgan fingerprint density at radius 3 is 1.19 bits per heavy atom. The van der Waals surface area contributed by atoms with Gasteiger partial charge in [0.15, 0.2) is 23.1 Å². The first-order valence-corrected chi connectivity index (χ1v) is 46.0. The van der Waals surface area contributed by atoms with Gasteiger partial charge in [-0.25, -0.2) is 0 Å². The summed E-state index contributed by atoms with van der Waals surface area (Å²) < 4.78 is 11.4. The molecule has 16 heteroatoms. The van der Waals surface area contributed by atoms with E-state index in [1.165, 1.54) is 75.3 Å². The largest absolute Gasteiger partial charge is 0.481 e. The molecule has 8 saturated carbocycles. The van der Waals surface area contributed by atoms with Gasteiger partial charge in [-0.2, -0.15) is 0 Å². The van der Waals surface area contributed by atoms with Gasteiger partial charge in [0, 0.05) is 198 Å². The first-order valence-electron chi connectivity index (χ1n) is 46.0. The van der Waals surface area contributed by atoms with Crippen LogP contribution in [0.4, 0.5) is 11.4 Å². The van der Waals surface area contributed by atoms with E-state index >= 15 is 0 Å². The second-order valence-corrected chi connectivity index (χ2v) is 38.0. The standard InChI is InChI=1S/C51H69N3O4.C38H52N4O3.C12H18O2/c1-5-54(44-14-21-58-22-15-44)49-31-41(30-47(36(49)4)50(56)13-12-46-35(3)23-34(2)24-51(46)57)40-10-8-37(9-11-40)33-53-19-17-52(18-20-53)16-6-7-45(55)32-48-42-26-38-25-39(28-42)29-43(48)27-38;1-5-42(33-12-20-45-21-13-33)36-25-32(31-8-6-30(7-9-31)26-41-18-16-40(15-14-39)17-19-41)24-35(29(36)4)37(43)11-10-34-28(3)22-27(2)23-38(34)44;13-12(14)6-11-9-2-7-1-8(4-9)5-10(11)3-7/h8-11,23,30-31,38-39,42-44,48H,5-7,12-22,24-29,32-33H2,1-4H3;6-9,22,24-25,33H,5,10-21,23,26,39H2,1-4H3;7-11H,1-6H2,(H,13,14). The molecule has 0 aromatic heterocycles. The number of hydrogen-bond donors (Lipinski definition) is 2. The molecule has 4 saturated heterocycles. The SMILES string of the molecule is CCN(c1cc(-c2ccc(CN3CCN(CCCC(=O)CC4C5CC6CC(C5)CC4C6)CC3)cc2)cc(C(=O)CCC2=C(C)C=C(C)CC2=O)c1C)C1CCOCC1.CCN(c1cc(-c2ccc(CN3CCN(CCN)CC3)cc2)cc(C(=O)CCC2=C(C)C=C(C)CC2=O)c1C)C1CCOCC1.O=C(O)CC1C2CC3CC(C2)CC1C3. The van der Waals surface area contributed by atoms with Crippen molar-refractivity contribution in [3.05, 3.63) is 152 Å². The summed E-state index contributed by atoms with van der Waals surface area (Å²) in [6.45, 7) is 34.5. The molecule has 0 atom stereocenters. The molecule has 0 unspecified atom stereocenters. The number of allylic oxidation sites excluding steroid dienone is 8. The van der Waals surface area contributed by atoms with Crippen LogP contribution in [0.15, 0.2) is 118 Å². The second kappa shape index (κ2) is 40.1. The third kappa shape index (κ3) is 21.7. The number of rotatable bonds is 30. The summed E-state index contributed by atoms with van der Waals surface area (Å²) in [5, 5.41) is 8.90. The number of nitrogens with two attached hydrogens (primary N) is 1. The van der Waals surface area contributed by atoms with E-state index in [0.717, 1.165) is 306 Å². The summed E-state index contributed by atoms with van der Waals surface area (Å²) >= 11 is 0. The predicted molar refractivity (Wildman–Crippen MR) is 471 cm³/mol. The Balaban J connectivity index is 0.000000168. The maximum atomic E-state index is 14.1. The van der Waals surface area contributed by atoms with Crippen LogP contribution in [0, 0.1) is 73.0 Å². The van der Waals surface area contributed by atoms with Crippen LogP contribution in [0.1, 0.15) is 239 Å². The van der Waals surface area contributed by atoms with Gasteiger partial charge in [0.1, 0.15) is 5.78 Å². The lowest BCUT2D eigenvalue weighted by Gasteiger charge is -2.54. The number of aliphatic carboxylic acids is 1. The summed E-state index contributed by atoms with van der Waals surface area (Å²) in [7, 11) is 0. The molecule has 3 N–H and O–H groups in total. The third-order valence-electron chi connectivity index (χ3n) is 30.0. The molecule has 8 bridgehead atoms. The van der Waals surface area contributed by atoms with Gasteiger partial charge in [-0.05, 0) is 321 Å². The Bertz CT molecular complexity index is 4240. The van der Waals surface area contributed by atoms with E-state index in [0.29, 0.717) is 74.6 Å². The number of carboxylic acids is 1. The summed E-state index contributed by atoms with van der Waals surface area (Å²) in [5.74, 6) is 8.79. The van der Waals surface area contributed by atoms with E-state index in [1.807, 2.05) is 27.7 Å². The molecule has 18 rings (SSSR count). The van der Waals surface area contributed by atoms with Gasteiger partial charge < -0.3 is 35.0 Å². The van der Waals surface area contributed by atoms with Gasteiger partial charge in [0.25, 0.3) is 0 Å². The molecule has 4 aromatic rings. The highest BCUT2D eigenvalue weighted by Crippen LogP contribution is 2.59. The van der Waals surface area contributed by atoms with E-state index < -0.39 is 5.97 Å². The highest BCUT2D eigenvalue weighted by molar-refractivity contribution is 6.05. The van der Waals surface area contributed by atoms with Crippen molar-refractivity contribution in [1.29, 1.82) is 0 Å². The number of carbonyl (C=O) groups excluding carboxylic acids is 5. The maximum absolute atomic E-state index is 14.1. The molecule has 0 spiro atoms. The number of ether oxygens (including phenoxy) is 2. The number of Topliss-reactive ketones (excluding diaryl/α,β-unsaturated/α-hetero) is 5. The highest BCUT2D eigenvalue weighted by Gasteiger charge is 2.50. The van der Waals surface area contributed by atoms with Crippen molar-refractivity contribution in [3.63, 3.8) is 0 Å². The number of anilines is 2. The topological polar surface area (TPSA) is 187 Å². The summed E-state index contributed by atoms with van der Waals surface area (Å²) in [6, 6.07) is 27.4. The molecular weight excluding hydrogens is 1460 g/mol. The van der Waals surface area contributed by atoms with Crippen molar-refractivity contribution in [2.24, 2.45) is 64.9 Å². The van der Waals surface area contributed by atoms with Crippen molar-refractivity contribution < 1.29 is 43.3 Å². The zero-order valence-corrected chi connectivity index (χ0v) is 72.4. The lowest BCUT2D eigenvalue weighted by Crippen LogP contribution is -2.47. The number of carbonyl (C=O) groups is 6. The smallest absolute Gasteiger partial charge is 0.303 e. The van der Waals surface area contributed by atoms with Crippen molar-refractivity contribution in [3.8, 4) is 22.3 Å². The van der Waals surface area contributed by atoms with Crippen molar-refractivity contribution >= 4 is 46.3 Å². The molecule has 4 aromatic carbocycles. The van der Waals surface area contributed by atoms with E-state index in [9.17, 15) is 28.8 Å². The van der Waals surface area contributed by atoms with E-state index in [4.69, 9.17) is 20.3 Å². The fourth-order valence-electron chi connectivity index (χ4n) is 24.2. The van der Waals surface area contributed by atoms with E-state index in [1.54, 1.807) is 0 Å². The number of ketones is 5. The molecule has 0 radical (unpaired) electrons. The minimum absolute atomic E-state index is 0.1000. The molecule has 0 amide bonds. The molecule has 4 aliphatic heterocycles. The maximum Gasteiger partial charge on any atom is 0.303 e. The second-order valence-electron chi connectivity index (χ2n) is 38.0. The van der Waals surface area contributed by atoms with Gasteiger partial charge in [-0.15, -0.1) is 0 Å². The van der Waals surface area contributed by atoms with Gasteiger partial charge in [-0.3, -0.25) is 43.5 Å². The van der Waals surface area contributed by atoms with Crippen LogP contribution in [0.2, 0.25) is 0 Å². The van der Waals surface area contributed by atoms with Crippen LogP contribution < -0.4 is 15.5 Å². The molecule has 14 aliphatic rings. The summed E-state index contributed by atoms with van der Waals surface area (Å²) in [6.07, 6.45) is 27.6. The molecule has 117 heavy (non-hydrogen) atoms. The number of carboxylic acid groups (broad SMARTS) is 1. The summed E-state index contributed by atoms with van der Waals surface area (Å²) in [4.78, 5) is 92.6. The Labute approximate surface area is 700 Å². The van der Waals surface area contributed by atoms with Crippen LogP contribution in [0.5, 0.6) is 0 Å². The first kappa shape index (κ1) is 86.4. The van der Waals surface area contributed by atoms with Crippen LogP contribution in [0.3, 0.4) is 0 Å². The number of hydrogen-bond acceptors (Lipinski definition) is 15. The normalized spacial score (nSPS) is 26.4. The monoisotopic (exact) mass is 1590 g/mol. The molecular formula is C101H139N7O9. The minimum atomic E-state index is -0.581. The van der Waals surface area contributed by atoms with Gasteiger partial charge in [0.2, 0.25) is 0 Å². The van der Waals surface area contributed by atoms with Crippen LogP contribution in [-0.2, 0) is 41.7 Å². The third-order valence-corrected chi connectivity index (χ3v) is 30.0. The zero-order valence-electron chi connectivity index (χ0n) is 72.4. The summed E-state index contributed by atoms with van der Waals surface area (Å²) in [5.41, 5.74) is 24.3. The van der Waals surface area contributed by atoms with Crippen molar-refractivity contribution in [2.45, 2.75) is 235 Å². The minimum Gasteiger partial charge on any atom is -0.481 e. The highest BCUT2D eigenvalue weighted by atomic mass is 16.5. The zero-order chi connectivity index (χ0) is 82.0. The molecule has 16 nitrogen and oxygen atoms in total. The molecule has 4 heterocycles. The molecule has 10 aliphatic carbocycles. The Morgan fingerprint density at radius 2 is 0.829 bits per heavy atom. The van der Waals surface area contributed by atoms with Gasteiger partial charge >= 0.3 is 5.97 Å². The van der Waals surface area contributed by atoms with Crippen LogP contribution >= 0.6 is 0 Å². The Morgan fingerprint density at radius 1 is 0.462 bits per heavy atom. The number of benzene rings is 4. The average molecular weight is 1600 g/mol. The number of nitrogens with zero attached hydrogens (tertiary/aromatic N) is 6. The van der Waals surface area contributed by atoms with E-state index in [-0.39, 0.29) is 23.1 Å². The predicted octanol–water partition coefficient (Wildman–Crippen LogP) is 18.3. The van der Waals surface area contributed by atoms with Gasteiger partial charge in [0.05, 0.1) is 0 Å². The fraction of sp³-hybridized carbons (Fsp3) is 0.624.